The van der Waals surface area contributed by atoms with Crippen molar-refractivity contribution in [2.24, 2.45) is 4.99 Å². The first-order chi connectivity index (χ1) is 6.15. The fraction of sp³-hybridized carbons (Fsp3) is 0.200. The Kier molecular flexibility index (Phi) is 2.72. The van der Waals surface area contributed by atoms with Crippen molar-refractivity contribution in [1.29, 1.82) is 0 Å². The third-order valence-electron chi connectivity index (χ3n) is 1.70. The minimum absolute atomic E-state index is 0.103. The van der Waals surface area contributed by atoms with Crippen LogP contribution in [-0.2, 0) is 4.79 Å². The van der Waals surface area contributed by atoms with Crippen LogP contribution in [0.5, 0.6) is 0 Å². The minimum atomic E-state index is -0.103. The van der Waals surface area contributed by atoms with Gasteiger partial charge >= 0.3 is 0 Å². The number of aliphatic imine (C=N–C) groups is 1. The fourth-order valence-corrected chi connectivity index (χ4v) is 1.08. The van der Waals surface area contributed by atoms with E-state index in [9.17, 15) is 9.59 Å². The van der Waals surface area contributed by atoms with E-state index < -0.39 is 0 Å². The number of hydrogen-bond acceptors (Lipinski definition) is 3. The lowest BCUT2D eigenvalue weighted by molar-refractivity contribution is 0.101. The first-order valence-corrected chi connectivity index (χ1v) is 3.84. The summed E-state index contributed by atoms with van der Waals surface area (Å²) in [6.07, 6.45) is 1.43. The Morgan fingerprint density at radius 2 is 2.15 bits per heavy atom. The number of hydrogen-bond donors (Lipinski definition) is 0. The van der Waals surface area contributed by atoms with Crippen LogP contribution in [0.3, 0.4) is 0 Å². The fourth-order valence-electron chi connectivity index (χ4n) is 1.08. The van der Waals surface area contributed by atoms with Crippen LogP contribution in [0.2, 0.25) is 0 Å². The number of nitrogens with zero attached hydrogens (tertiary/aromatic N) is 1. The molecule has 1 aromatic carbocycles. The molecule has 0 aromatic heterocycles. The summed E-state index contributed by atoms with van der Waals surface area (Å²) in [5.74, 6) is -0.103. The van der Waals surface area contributed by atoms with E-state index in [0.717, 1.165) is 5.56 Å². The smallest absolute Gasteiger partial charge is 0.240 e. The van der Waals surface area contributed by atoms with Crippen LogP contribution in [0.1, 0.15) is 22.8 Å². The molecule has 1 rings (SSSR count). The summed E-state index contributed by atoms with van der Waals surface area (Å²) in [6, 6.07) is 5.15. The van der Waals surface area contributed by atoms with Gasteiger partial charge in [-0.2, -0.15) is 4.99 Å². The standard InChI is InChI=1S/C10H9NO2/c1-7-3-4-9(8(2)13)10(5-7)11-6-12/h3-5H,1-2H3. The molecule has 0 saturated heterocycles. The van der Waals surface area contributed by atoms with Gasteiger partial charge in [-0.3, -0.25) is 4.79 Å². The number of Topliss-reactive ketones (excluding diaryl/α,β-unsaturated/α-hetero) is 1. The van der Waals surface area contributed by atoms with Gasteiger partial charge in [0.05, 0.1) is 5.69 Å². The van der Waals surface area contributed by atoms with E-state index in [4.69, 9.17) is 0 Å². The van der Waals surface area contributed by atoms with Crippen molar-refractivity contribution in [3.63, 3.8) is 0 Å². The summed E-state index contributed by atoms with van der Waals surface area (Å²) < 4.78 is 0. The Bertz CT molecular complexity index is 390. The van der Waals surface area contributed by atoms with Gasteiger partial charge in [-0.15, -0.1) is 0 Å². The molecular weight excluding hydrogens is 166 g/mol. The summed E-state index contributed by atoms with van der Waals surface area (Å²) in [6.45, 7) is 3.31. The molecule has 3 nitrogen and oxygen atoms in total. The van der Waals surface area contributed by atoms with Crippen LogP contribution in [0.15, 0.2) is 23.2 Å². The van der Waals surface area contributed by atoms with Gasteiger partial charge in [-0.25, -0.2) is 4.79 Å². The molecule has 1 aromatic rings. The number of aryl methyl sites for hydroxylation is 1. The molecule has 0 saturated carbocycles. The van der Waals surface area contributed by atoms with Gasteiger partial charge in [0.1, 0.15) is 0 Å². The van der Waals surface area contributed by atoms with Crippen molar-refractivity contribution < 1.29 is 9.59 Å². The highest BCUT2D eigenvalue weighted by Gasteiger charge is 2.05. The van der Waals surface area contributed by atoms with Crippen LogP contribution in [-0.4, -0.2) is 11.9 Å². The van der Waals surface area contributed by atoms with Crippen molar-refractivity contribution >= 4 is 17.6 Å². The summed E-state index contributed by atoms with van der Waals surface area (Å²) in [5, 5.41) is 0. The molecule has 0 N–H and O–H groups in total. The van der Waals surface area contributed by atoms with Crippen LogP contribution >= 0.6 is 0 Å². The van der Waals surface area contributed by atoms with Crippen molar-refractivity contribution in [2.45, 2.75) is 13.8 Å². The van der Waals surface area contributed by atoms with E-state index in [2.05, 4.69) is 4.99 Å². The van der Waals surface area contributed by atoms with Gasteiger partial charge in [0.25, 0.3) is 0 Å². The molecule has 66 valence electrons. The average molecular weight is 175 g/mol. The normalized spacial score (nSPS) is 9.08. The first kappa shape index (κ1) is 9.36. The lowest BCUT2D eigenvalue weighted by atomic mass is 10.1. The SMILES string of the molecule is CC(=O)c1ccc(C)cc1N=C=O. The maximum Gasteiger partial charge on any atom is 0.240 e. The molecule has 13 heavy (non-hydrogen) atoms. The summed E-state index contributed by atoms with van der Waals surface area (Å²) in [4.78, 5) is 24.6. The van der Waals surface area contributed by atoms with E-state index in [1.165, 1.54) is 13.0 Å². The van der Waals surface area contributed by atoms with Crippen molar-refractivity contribution in [3.05, 3.63) is 29.3 Å². The number of isocyanates is 1. The molecule has 0 aliphatic heterocycles. The van der Waals surface area contributed by atoms with Gasteiger partial charge in [0.2, 0.25) is 6.08 Å². The number of carbonyl (C=O) groups excluding carboxylic acids is 2. The second kappa shape index (κ2) is 3.78. The molecule has 0 aliphatic carbocycles. The molecule has 0 spiro atoms. The predicted octanol–water partition coefficient (Wildman–Crippen LogP) is 2.16. The molecule has 0 amide bonds. The lowest BCUT2D eigenvalue weighted by Crippen LogP contribution is -1.92. The molecule has 0 heterocycles. The number of ketones is 1. The number of rotatable bonds is 2. The Hall–Kier alpha value is -1.73. The highest BCUT2D eigenvalue weighted by molar-refractivity contribution is 5.99. The van der Waals surface area contributed by atoms with Crippen molar-refractivity contribution in [2.75, 3.05) is 0 Å². The van der Waals surface area contributed by atoms with Gasteiger partial charge in [-0.1, -0.05) is 6.07 Å². The average Bonchev–Trinajstić information content (AvgIpc) is 2.04. The predicted molar refractivity (Wildman–Crippen MR) is 49.0 cm³/mol. The van der Waals surface area contributed by atoms with E-state index in [0.29, 0.717) is 11.3 Å². The molecular formula is C10H9NO2. The quantitative estimate of drug-likeness (QED) is 0.393. The molecule has 0 bridgehead atoms. The van der Waals surface area contributed by atoms with Gasteiger partial charge in [0, 0.05) is 5.56 Å². The zero-order valence-corrected chi connectivity index (χ0v) is 7.50. The Balaban J connectivity index is 3.34. The van der Waals surface area contributed by atoms with E-state index >= 15 is 0 Å². The molecule has 0 aliphatic rings. The highest BCUT2D eigenvalue weighted by atomic mass is 16.1. The van der Waals surface area contributed by atoms with Gasteiger partial charge in [-0.05, 0) is 31.5 Å². The van der Waals surface area contributed by atoms with Crippen molar-refractivity contribution in [1.82, 2.24) is 0 Å². The minimum Gasteiger partial charge on any atom is -0.294 e. The highest BCUT2D eigenvalue weighted by Crippen LogP contribution is 2.20. The summed E-state index contributed by atoms with van der Waals surface area (Å²) in [7, 11) is 0. The topological polar surface area (TPSA) is 46.5 Å². The molecule has 0 atom stereocenters. The molecule has 0 fully saturated rings. The zero-order chi connectivity index (χ0) is 9.84. The third-order valence-corrected chi connectivity index (χ3v) is 1.70. The van der Waals surface area contributed by atoms with Crippen LogP contribution in [0.25, 0.3) is 0 Å². The van der Waals surface area contributed by atoms with Gasteiger partial charge < -0.3 is 0 Å². The number of benzene rings is 1. The van der Waals surface area contributed by atoms with Crippen LogP contribution in [0.4, 0.5) is 5.69 Å². The van der Waals surface area contributed by atoms with Crippen LogP contribution in [0, 0.1) is 6.92 Å². The van der Waals surface area contributed by atoms with E-state index in [1.54, 1.807) is 18.2 Å². The maximum atomic E-state index is 11.1. The molecule has 3 heteroatoms. The Morgan fingerprint density at radius 3 is 2.69 bits per heavy atom. The Labute approximate surface area is 76.1 Å². The Morgan fingerprint density at radius 1 is 1.46 bits per heavy atom. The van der Waals surface area contributed by atoms with Crippen molar-refractivity contribution in [3.8, 4) is 0 Å². The summed E-state index contributed by atoms with van der Waals surface area (Å²) >= 11 is 0. The monoisotopic (exact) mass is 175 g/mol. The van der Waals surface area contributed by atoms with E-state index in [1.807, 2.05) is 6.92 Å². The largest absolute Gasteiger partial charge is 0.294 e. The van der Waals surface area contributed by atoms with Gasteiger partial charge in [0.15, 0.2) is 5.78 Å². The first-order valence-electron chi connectivity index (χ1n) is 3.84. The maximum absolute atomic E-state index is 11.1. The molecule has 0 radical (unpaired) electrons. The van der Waals surface area contributed by atoms with E-state index in [-0.39, 0.29) is 5.78 Å². The summed E-state index contributed by atoms with van der Waals surface area (Å²) in [5.41, 5.74) is 1.80. The number of carbonyl (C=O) groups is 1. The van der Waals surface area contributed by atoms with Crippen LogP contribution < -0.4 is 0 Å². The second-order valence-electron chi connectivity index (χ2n) is 2.78. The second-order valence-corrected chi connectivity index (χ2v) is 2.78. The molecule has 0 unspecified atom stereocenters. The third kappa shape index (κ3) is 2.10. The lowest BCUT2D eigenvalue weighted by Gasteiger charge is -2.00. The zero-order valence-electron chi connectivity index (χ0n) is 7.50.